The first-order valence-electron chi connectivity index (χ1n) is 10.9. The van der Waals surface area contributed by atoms with Crippen molar-refractivity contribution in [1.29, 1.82) is 0 Å². The summed E-state index contributed by atoms with van der Waals surface area (Å²) in [5.41, 5.74) is 2.64. The molecule has 6 nitrogen and oxygen atoms in total. The van der Waals surface area contributed by atoms with Crippen LogP contribution in [0.15, 0.2) is 24.3 Å². The number of benzene rings is 1. The highest BCUT2D eigenvalue weighted by molar-refractivity contribution is 5.89. The molecule has 1 aromatic carbocycles. The molecule has 29 heavy (non-hydrogen) atoms. The van der Waals surface area contributed by atoms with Gasteiger partial charge in [0.2, 0.25) is 11.8 Å². The van der Waals surface area contributed by atoms with Crippen molar-refractivity contribution in [3.05, 3.63) is 35.4 Å². The maximum atomic E-state index is 13.4. The van der Waals surface area contributed by atoms with Gasteiger partial charge in [0, 0.05) is 33.2 Å². The van der Waals surface area contributed by atoms with Gasteiger partial charge in [-0.1, -0.05) is 24.3 Å². The van der Waals surface area contributed by atoms with Crippen molar-refractivity contribution in [1.82, 2.24) is 9.80 Å². The third kappa shape index (κ3) is 3.92. The Bertz CT molecular complexity index is 748. The van der Waals surface area contributed by atoms with E-state index in [4.69, 9.17) is 9.47 Å². The van der Waals surface area contributed by atoms with Crippen molar-refractivity contribution in [2.24, 2.45) is 5.92 Å². The van der Waals surface area contributed by atoms with Crippen LogP contribution in [0.25, 0.3) is 0 Å². The number of amides is 2. The van der Waals surface area contributed by atoms with Crippen molar-refractivity contribution in [3.63, 3.8) is 0 Å². The Labute approximate surface area is 173 Å². The van der Waals surface area contributed by atoms with Gasteiger partial charge >= 0.3 is 0 Å². The summed E-state index contributed by atoms with van der Waals surface area (Å²) in [5, 5.41) is 0. The van der Waals surface area contributed by atoms with E-state index in [2.05, 4.69) is 18.2 Å². The first kappa shape index (κ1) is 20.4. The lowest BCUT2D eigenvalue weighted by Crippen LogP contribution is -2.53. The minimum atomic E-state index is -0.415. The molecule has 0 bridgehead atoms. The van der Waals surface area contributed by atoms with Crippen LogP contribution >= 0.6 is 0 Å². The lowest BCUT2D eigenvalue weighted by Gasteiger charge is -2.35. The molecular formula is C23H32N2O4. The fourth-order valence-corrected chi connectivity index (χ4v) is 5.38. The number of hydrogen-bond donors (Lipinski definition) is 0. The number of carbonyl (C=O) groups is 2. The highest BCUT2D eigenvalue weighted by atomic mass is 16.7. The van der Waals surface area contributed by atoms with Gasteiger partial charge in [0.1, 0.15) is 6.04 Å². The third-order valence-corrected chi connectivity index (χ3v) is 6.88. The van der Waals surface area contributed by atoms with Crippen LogP contribution in [-0.2, 0) is 31.9 Å². The van der Waals surface area contributed by atoms with Gasteiger partial charge in [0.05, 0.1) is 6.04 Å². The molecule has 158 valence electrons. The molecule has 6 heteroatoms. The van der Waals surface area contributed by atoms with E-state index in [0.717, 1.165) is 44.9 Å². The average molecular weight is 401 g/mol. The van der Waals surface area contributed by atoms with Gasteiger partial charge in [-0.15, -0.1) is 0 Å². The summed E-state index contributed by atoms with van der Waals surface area (Å²) in [6.07, 6.45) is 5.64. The van der Waals surface area contributed by atoms with Crippen LogP contribution in [0.1, 0.15) is 43.2 Å². The van der Waals surface area contributed by atoms with Crippen LogP contribution in [0.2, 0.25) is 0 Å². The molecular weight excluding hydrogens is 368 g/mol. The Morgan fingerprint density at radius 1 is 0.931 bits per heavy atom. The number of nitrogens with zero attached hydrogens (tertiary/aromatic N) is 2. The van der Waals surface area contributed by atoms with E-state index in [1.54, 1.807) is 14.2 Å². The summed E-state index contributed by atoms with van der Waals surface area (Å²) >= 11 is 0. The Morgan fingerprint density at radius 3 is 2.38 bits per heavy atom. The number of likely N-dealkylation sites (tertiary alicyclic amines) is 2. The normalized spacial score (nSPS) is 26.8. The molecule has 0 aromatic heterocycles. The standard InChI is InChI=1S/C23H32N2O4/c1-28-23(29-2)20-10-6-14-25(20)22(27)19-9-5-13-24(19)21(26)18-12-11-16-7-3-4-8-17(16)15-18/h3-4,7-8,18-20,23H,5-6,9-15H2,1-2H3/t18-,19-,20-/m0/s1. The van der Waals surface area contributed by atoms with Gasteiger partial charge in [-0.2, -0.15) is 0 Å². The van der Waals surface area contributed by atoms with Gasteiger partial charge in [-0.3, -0.25) is 9.59 Å². The summed E-state index contributed by atoms with van der Waals surface area (Å²) in [5.74, 6) is 0.202. The predicted molar refractivity (Wildman–Crippen MR) is 109 cm³/mol. The van der Waals surface area contributed by atoms with E-state index in [1.165, 1.54) is 11.1 Å². The zero-order valence-corrected chi connectivity index (χ0v) is 17.5. The Morgan fingerprint density at radius 2 is 1.62 bits per heavy atom. The molecule has 0 radical (unpaired) electrons. The smallest absolute Gasteiger partial charge is 0.245 e. The lowest BCUT2D eigenvalue weighted by atomic mass is 9.83. The number of rotatable bonds is 5. The van der Waals surface area contributed by atoms with E-state index >= 15 is 0 Å². The van der Waals surface area contributed by atoms with Crippen LogP contribution in [-0.4, -0.2) is 67.3 Å². The van der Waals surface area contributed by atoms with Gasteiger partial charge < -0.3 is 19.3 Å². The topological polar surface area (TPSA) is 59.1 Å². The van der Waals surface area contributed by atoms with Gasteiger partial charge in [-0.25, -0.2) is 0 Å². The molecule has 2 amide bonds. The predicted octanol–water partition coefficient (Wildman–Crippen LogP) is 2.39. The fourth-order valence-electron chi connectivity index (χ4n) is 5.38. The first-order chi connectivity index (χ1) is 14.1. The molecule has 4 rings (SSSR count). The Hall–Kier alpha value is -1.92. The van der Waals surface area contributed by atoms with Crippen LogP contribution in [0.4, 0.5) is 0 Å². The molecule has 2 saturated heterocycles. The van der Waals surface area contributed by atoms with E-state index in [1.807, 2.05) is 15.9 Å². The molecule has 2 aliphatic heterocycles. The van der Waals surface area contributed by atoms with Gasteiger partial charge in [-0.05, 0) is 56.1 Å². The molecule has 1 aromatic rings. The number of fused-ring (bicyclic) bond motifs is 1. The van der Waals surface area contributed by atoms with Crippen LogP contribution in [0.3, 0.4) is 0 Å². The fraction of sp³-hybridized carbons (Fsp3) is 0.652. The summed E-state index contributed by atoms with van der Waals surface area (Å²) in [7, 11) is 3.23. The molecule has 3 aliphatic rings. The van der Waals surface area contributed by atoms with Crippen LogP contribution in [0.5, 0.6) is 0 Å². The molecule has 0 saturated carbocycles. The summed E-state index contributed by atoms with van der Waals surface area (Å²) in [6.45, 7) is 1.39. The number of hydrogen-bond acceptors (Lipinski definition) is 4. The van der Waals surface area contributed by atoms with E-state index < -0.39 is 6.29 Å². The largest absolute Gasteiger partial charge is 0.354 e. The first-order valence-corrected chi connectivity index (χ1v) is 10.9. The van der Waals surface area contributed by atoms with Crippen molar-refractivity contribution in [2.45, 2.75) is 63.3 Å². The number of methoxy groups -OCH3 is 2. The molecule has 1 aliphatic carbocycles. The minimum Gasteiger partial charge on any atom is -0.354 e. The summed E-state index contributed by atoms with van der Waals surface area (Å²) in [6, 6.07) is 7.99. The zero-order chi connectivity index (χ0) is 20.4. The monoisotopic (exact) mass is 400 g/mol. The lowest BCUT2D eigenvalue weighted by molar-refractivity contribution is -0.162. The molecule has 0 spiro atoms. The van der Waals surface area contributed by atoms with Crippen LogP contribution < -0.4 is 0 Å². The zero-order valence-electron chi connectivity index (χ0n) is 17.5. The molecule has 2 heterocycles. The minimum absolute atomic E-state index is 0.0154. The maximum absolute atomic E-state index is 13.4. The number of carbonyl (C=O) groups excluding carboxylic acids is 2. The van der Waals surface area contributed by atoms with Crippen molar-refractivity contribution < 1.29 is 19.1 Å². The van der Waals surface area contributed by atoms with E-state index in [0.29, 0.717) is 13.1 Å². The van der Waals surface area contributed by atoms with E-state index in [9.17, 15) is 9.59 Å². The molecule has 0 unspecified atom stereocenters. The average Bonchev–Trinajstić information content (AvgIpc) is 3.43. The second-order valence-electron chi connectivity index (χ2n) is 8.48. The third-order valence-electron chi connectivity index (χ3n) is 6.88. The van der Waals surface area contributed by atoms with Gasteiger partial charge in [0.25, 0.3) is 0 Å². The summed E-state index contributed by atoms with van der Waals surface area (Å²) in [4.78, 5) is 30.5. The second kappa shape index (κ2) is 8.84. The quantitative estimate of drug-likeness (QED) is 0.712. The highest BCUT2D eigenvalue weighted by Crippen LogP contribution is 2.31. The highest BCUT2D eigenvalue weighted by Gasteiger charge is 2.43. The molecule has 3 atom stereocenters. The molecule has 2 fully saturated rings. The van der Waals surface area contributed by atoms with Crippen molar-refractivity contribution >= 4 is 11.8 Å². The Kier molecular flexibility index (Phi) is 6.20. The van der Waals surface area contributed by atoms with Gasteiger partial charge in [0.15, 0.2) is 6.29 Å². The van der Waals surface area contributed by atoms with Crippen molar-refractivity contribution in [2.75, 3.05) is 27.3 Å². The summed E-state index contributed by atoms with van der Waals surface area (Å²) < 4.78 is 10.9. The SMILES string of the molecule is COC(OC)[C@@H]1CCCN1C(=O)[C@@H]1CCCN1C(=O)[C@H]1CCc2ccccc2C1. The Balaban J connectivity index is 1.46. The number of aryl methyl sites for hydroxylation is 1. The van der Waals surface area contributed by atoms with Crippen LogP contribution in [0, 0.1) is 5.92 Å². The maximum Gasteiger partial charge on any atom is 0.245 e. The second-order valence-corrected chi connectivity index (χ2v) is 8.48. The molecule has 0 N–H and O–H groups in total. The van der Waals surface area contributed by atoms with E-state index in [-0.39, 0.29) is 29.8 Å². The van der Waals surface area contributed by atoms with Crippen molar-refractivity contribution in [3.8, 4) is 0 Å². The number of ether oxygens (including phenoxy) is 2.